The van der Waals surface area contributed by atoms with Crippen molar-refractivity contribution in [3.05, 3.63) is 33.0 Å². The maximum Gasteiger partial charge on any atom is 0.145 e. The smallest absolute Gasteiger partial charge is 0.145 e. The monoisotopic (exact) mass is 281 g/mol. The molecular weight excluding hydrogens is 269 g/mol. The van der Waals surface area contributed by atoms with Gasteiger partial charge in [-0.05, 0) is 36.3 Å². The summed E-state index contributed by atoms with van der Waals surface area (Å²) in [7, 11) is 0. The minimum Gasteiger partial charge on any atom is -0.205 e. The van der Waals surface area contributed by atoms with E-state index in [1.54, 1.807) is 6.07 Å². The summed E-state index contributed by atoms with van der Waals surface area (Å²) in [6, 6.07) is 3.64. The first-order valence-electron chi connectivity index (χ1n) is 5.48. The lowest BCUT2D eigenvalue weighted by molar-refractivity contribution is 0.591. The van der Waals surface area contributed by atoms with Gasteiger partial charge in [-0.15, -0.1) is 0 Å². The average Bonchev–Trinajstić information content (AvgIpc) is 3.01. The molecule has 0 bridgehead atoms. The standard InChI is InChI=1S/C13H13BrFN/c1-7(2)11-12(14)10(8-3-4-8)5-9(6-16)13(11)15/h5,7-8H,3-4H2,1-2H3. The van der Waals surface area contributed by atoms with Crippen LogP contribution in [0, 0.1) is 17.1 Å². The zero-order valence-electron chi connectivity index (χ0n) is 9.35. The zero-order valence-corrected chi connectivity index (χ0v) is 10.9. The van der Waals surface area contributed by atoms with Crippen LogP contribution in [0.4, 0.5) is 4.39 Å². The minimum atomic E-state index is -0.367. The predicted molar refractivity (Wildman–Crippen MR) is 64.9 cm³/mol. The van der Waals surface area contributed by atoms with E-state index in [0.29, 0.717) is 11.5 Å². The second kappa shape index (κ2) is 4.18. The van der Waals surface area contributed by atoms with Crippen molar-refractivity contribution >= 4 is 15.9 Å². The third-order valence-corrected chi connectivity index (χ3v) is 3.86. The molecule has 0 aromatic heterocycles. The van der Waals surface area contributed by atoms with Crippen LogP contribution in [-0.2, 0) is 0 Å². The topological polar surface area (TPSA) is 23.8 Å². The number of benzene rings is 1. The van der Waals surface area contributed by atoms with E-state index in [-0.39, 0.29) is 17.3 Å². The van der Waals surface area contributed by atoms with Crippen LogP contribution in [0.15, 0.2) is 10.5 Å². The molecule has 1 nitrogen and oxygen atoms in total. The Morgan fingerprint density at radius 1 is 1.50 bits per heavy atom. The van der Waals surface area contributed by atoms with Crippen molar-refractivity contribution in [2.75, 3.05) is 0 Å². The first kappa shape index (κ1) is 11.6. The predicted octanol–water partition coefficient (Wildman–Crippen LogP) is 4.46. The number of hydrogen-bond acceptors (Lipinski definition) is 1. The Kier molecular flexibility index (Phi) is 3.03. The molecule has 0 amide bonds. The Balaban J connectivity index is 2.66. The summed E-state index contributed by atoms with van der Waals surface area (Å²) in [5.74, 6) is 0.230. The van der Waals surface area contributed by atoms with Crippen molar-refractivity contribution in [1.82, 2.24) is 0 Å². The Labute approximate surface area is 103 Å². The van der Waals surface area contributed by atoms with Gasteiger partial charge in [0.25, 0.3) is 0 Å². The molecule has 1 saturated carbocycles. The Morgan fingerprint density at radius 3 is 2.56 bits per heavy atom. The van der Waals surface area contributed by atoms with E-state index >= 15 is 0 Å². The highest BCUT2D eigenvalue weighted by molar-refractivity contribution is 9.10. The molecule has 0 atom stereocenters. The SMILES string of the molecule is CC(C)c1c(F)c(C#N)cc(C2CC2)c1Br. The molecule has 0 radical (unpaired) electrons. The number of hydrogen-bond donors (Lipinski definition) is 0. The lowest BCUT2D eigenvalue weighted by Crippen LogP contribution is -2.01. The minimum absolute atomic E-state index is 0.0835. The molecule has 0 spiro atoms. The van der Waals surface area contributed by atoms with Crippen molar-refractivity contribution in [2.24, 2.45) is 0 Å². The van der Waals surface area contributed by atoms with Crippen molar-refractivity contribution in [3.63, 3.8) is 0 Å². The largest absolute Gasteiger partial charge is 0.205 e. The lowest BCUT2D eigenvalue weighted by atomic mass is 9.95. The lowest BCUT2D eigenvalue weighted by Gasteiger charge is -2.14. The quantitative estimate of drug-likeness (QED) is 0.785. The van der Waals surface area contributed by atoms with E-state index in [2.05, 4.69) is 15.9 Å². The highest BCUT2D eigenvalue weighted by Gasteiger charge is 2.29. The van der Waals surface area contributed by atoms with Crippen LogP contribution in [0.1, 0.15) is 55.2 Å². The first-order valence-corrected chi connectivity index (χ1v) is 6.27. The van der Waals surface area contributed by atoms with Crippen molar-refractivity contribution in [3.8, 4) is 6.07 Å². The number of nitrogens with zero attached hydrogens (tertiary/aromatic N) is 1. The molecule has 1 aromatic rings. The Hall–Kier alpha value is -0.880. The molecule has 0 unspecified atom stereocenters. The van der Waals surface area contributed by atoms with Gasteiger partial charge in [0.1, 0.15) is 11.9 Å². The Bertz CT molecular complexity index is 470. The fraction of sp³-hybridized carbons (Fsp3) is 0.462. The second-order valence-electron chi connectivity index (χ2n) is 4.60. The second-order valence-corrected chi connectivity index (χ2v) is 5.39. The van der Waals surface area contributed by atoms with Crippen LogP contribution in [0.3, 0.4) is 0 Å². The summed E-state index contributed by atoms with van der Waals surface area (Å²) in [6.45, 7) is 3.89. The number of nitriles is 1. The molecule has 0 aliphatic heterocycles. The van der Waals surface area contributed by atoms with E-state index in [9.17, 15) is 4.39 Å². The molecule has 3 heteroatoms. The molecule has 0 N–H and O–H groups in total. The van der Waals surface area contributed by atoms with Crippen molar-refractivity contribution in [2.45, 2.75) is 38.5 Å². The van der Waals surface area contributed by atoms with Gasteiger partial charge in [-0.2, -0.15) is 5.26 Å². The van der Waals surface area contributed by atoms with Gasteiger partial charge in [0.15, 0.2) is 0 Å². The van der Waals surface area contributed by atoms with E-state index in [0.717, 1.165) is 22.9 Å². The maximum atomic E-state index is 14.0. The summed E-state index contributed by atoms with van der Waals surface area (Å²) < 4.78 is 14.9. The zero-order chi connectivity index (χ0) is 11.9. The molecule has 1 fully saturated rings. The van der Waals surface area contributed by atoms with E-state index in [4.69, 9.17) is 5.26 Å². The van der Waals surface area contributed by atoms with Gasteiger partial charge in [0.2, 0.25) is 0 Å². The Morgan fingerprint density at radius 2 is 2.12 bits per heavy atom. The van der Waals surface area contributed by atoms with Gasteiger partial charge in [0.05, 0.1) is 5.56 Å². The summed E-state index contributed by atoms with van der Waals surface area (Å²) in [5.41, 5.74) is 1.91. The van der Waals surface area contributed by atoms with E-state index in [1.807, 2.05) is 19.9 Å². The number of rotatable bonds is 2. The normalized spacial score (nSPS) is 15.2. The van der Waals surface area contributed by atoms with Crippen molar-refractivity contribution in [1.29, 1.82) is 5.26 Å². The highest BCUT2D eigenvalue weighted by atomic mass is 79.9. The molecule has 0 heterocycles. The molecule has 84 valence electrons. The third-order valence-electron chi connectivity index (χ3n) is 2.98. The summed E-state index contributed by atoms with van der Waals surface area (Å²) in [4.78, 5) is 0. The summed E-state index contributed by atoms with van der Waals surface area (Å²) >= 11 is 3.49. The van der Waals surface area contributed by atoms with Crippen LogP contribution in [0.25, 0.3) is 0 Å². The fourth-order valence-electron chi connectivity index (χ4n) is 1.96. The molecule has 1 aliphatic carbocycles. The molecular formula is C13H13BrFN. The van der Waals surface area contributed by atoms with Gasteiger partial charge in [-0.25, -0.2) is 4.39 Å². The first-order chi connectivity index (χ1) is 7.56. The van der Waals surface area contributed by atoms with Gasteiger partial charge >= 0.3 is 0 Å². The van der Waals surface area contributed by atoms with E-state index in [1.165, 1.54) is 0 Å². The number of halogens is 2. The van der Waals surface area contributed by atoms with Gasteiger partial charge < -0.3 is 0 Å². The molecule has 0 saturated heterocycles. The fourth-order valence-corrected chi connectivity index (χ4v) is 3.03. The van der Waals surface area contributed by atoms with Crippen molar-refractivity contribution < 1.29 is 4.39 Å². The van der Waals surface area contributed by atoms with E-state index < -0.39 is 0 Å². The van der Waals surface area contributed by atoms with Crippen LogP contribution < -0.4 is 0 Å². The highest BCUT2D eigenvalue weighted by Crippen LogP contribution is 2.46. The summed E-state index contributed by atoms with van der Waals surface area (Å²) in [5, 5.41) is 8.94. The molecule has 1 aliphatic rings. The summed E-state index contributed by atoms with van der Waals surface area (Å²) in [6.07, 6.45) is 2.29. The maximum absolute atomic E-state index is 14.0. The van der Waals surface area contributed by atoms with Crippen LogP contribution >= 0.6 is 15.9 Å². The van der Waals surface area contributed by atoms with Crippen LogP contribution in [0.2, 0.25) is 0 Å². The van der Waals surface area contributed by atoms with Gasteiger partial charge in [-0.1, -0.05) is 29.8 Å². The third kappa shape index (κ3) is 1.87. The molecule has 2 rings (SSSR count). The molecule has 16 heavy (non-hydrogen) atoms. The van der Waals surface area contributed by atoms with Crippen LogP contribution in [-0.4, -0.2) is 0 Å². The van der Waals surface area contributed by atoms with Gasteiger partial charge in [0, 0.05) is 10.0 Å². The van der Waals surface area contributed by atoms with Crippen LogP contribution in [0.5, 0.6) is 0 Å². The average molecular weight is 282 g/mol. The molecule has 1 aromatic carbocycles. The van der Waals surface area contributed by atoms with Gasteiger partial charge in [-0.3, -0.25) is 0 Å².